The molecular weight excluding hydrogens is 463 g/mol. The highest BCUT2D eigenvalue weighted by atomic mass is 19.4. The van der Waals surface area contributed by atoms with Gasteiger partial charge in [-0.25, -0.2) is 4.79 Å². The Hall–Kier alpha value is -3.78. The normalized spacial score (nSPS) is 15.9. The predicted octanol–water partition coefficient (Wildman–Crippen LogP) is 3.37. The largest absolute Gasteiger partial charge is 0.417 e. The molecule has 3 rings (SSSR count). The molecule has 1 unspecified atom stereocenters. The molecule has 1 saturated heterocycles. The number of rotatable bonds is 6. The van der Waals surface area contributed by atoms with Crippen LogP contribution in [0.4, 0.5) is 29.3 Å². The topological polar surface area (TPSA) is 97.7 Å². The van der Waals surface area contributed by atoms with Gasteiger partial charge in [-0.05, 0) is 42.8 Å². The van der Waals surface area contributed by atoms with Gasteiger partial charge >= 0.3 is 12.2 Å². The number of methoxy groups -OCH3 is 1. The molecule has 2 aromatic rings. The molecule has 0 aliphatic carbocycles. The number of nitriles is 1. The van der Waals surface area contributed by atoms with Gasteiger partial charge < -0.3 is 25.2 Å². The van der Waals surface area contributed by atoms with Crippen LogP contribution in [-0.2, 0) is 15.7 Å². The number of alkyl halides is 3. The van der Waals surface area contributed by atoms with E-state index in [1.807, 2.05) is 13.0 Å². The lowest BCUT2D eigenvalue weighted by atomic mass is 10.0. The minimum Gasteiger partial charge on any atom is -0.383 e. The number of nitrogens with one attached hydrogen (secondary N) is 2. The van der Waals surface area contributed by atoms with Crippen molar-refractivity contribution in [2.75, 3.05) is 50.1 Å². The summed E-state index contributed by atoms with van der Waals surface area (Å²) in [5.74, 6) is -0.448. The van der Waals surface area contributed by atoms with Crippen LogP contribution in [0, 0.1) is 18.3 Å². The van der Waals surface area contributed by atoms with Gasteiger partial charge in [0.2, 0.25) is 5.91 Å². The lowest BCUT2D eigenvalue weighted by molar-refractivity contribution is -0.137. The molecule has 35 heavy (non-hydrogen) atoms. The van der Waals surface area contributed by atoms with E-state index in [2.05, 4.69) is 10.6 Å². The third-order valence-electron chi connectivity index (χ3n) is 5.61. The summed E-state index contributed by atoms with van der Waals surface area (Å²) >= 11 is 0. The van der Waals surface area contributed by atoms with Crippen molar-refractivity contribution in [1.82, 2.24) is 10.2 Å². The Labute approximate surface area is 201 Å². The number of benzene rings is 2. The number of piperazine rings is 1. The number of aryl methyl sites for hydroxylation is 1. The average molecular weight is 489 g/mol. The molecule has 2 N–H and O–H groups in total. The molecule has 1 atom stereocenters. The summed E-state index contributed by atoms with van der Waals surface area (Å²) in [5.41, 5.74) is 0.204. The van der Waals surface area contributed by atoms with Gasteiger partial charge in [0, 0.05) is 44.7 Å². The van der Waals surface area contributed by atoms with E-state index in [0.717, 1.165) is 17.7 Å². The van der Waals surface area contributed by atoms with Gasteiger partial charge in [0.15, 0.2) is 0 Å². The van der Waals surface area contributed by atoms with Gasteiger partial charge in [-0.15, -0.1) is 0 Å². The second-order valence-electron chi connectivity index (χ2n) is 8.08. The first-order chi connectivity index (χ1) is 16.6. The highest BCUT2D eigenvalue weighted by Crippen LogP contribution is 2.35. The maximum absolute atomic E-state index is 13.5. The van der Waals surface area contributed by atoms with E-state index in [4.69, 9.17) is 10.00 Å². The van der Waals surface area contributed by atoms with E-state index in [1.54, 1.807) is 29.2 Å². The van der Waals surface area contributed by atoms with E-state index in [0.29, 0.717) is 5.69 Å². The monoisotopic (exact) mass is 489 g/mol. The molecule has 0 bridgehead atoms. The second-order valence-corrected chi connectivity index (χ2v) is 8.08. The zero-order valence-electron chi connectivity index (χ0n) is 19.4. The Kier molecular flexibility index (Phi) is 8.19. The third kappa shape index (κ3) is 6.42. The molecule has 0 radical (unpaired) electrons. The van der Waals surface area contributed by atoms with Crippen LogP contribution in [0.1, 0.15) is 16.7 Å². The van der Waals surface area contributed by atoms with Crippen LogP contribution in [0.3, 0.4) is 0 Å². The highest BCUT2D eigenvalue weighted by molar-refractivity contribution is 5.94. The van der Waals surface area contributed by atoms with Crippen LogP contribution in [0.5, 0.6) is 0 Å². The molecule has 186 valence electrons. The van der Waals surface area contributed by atoms with Gasteiger partial charge in [-0.1, -0.05) is 12.1 Å². The Morgan fingerprint density at radius 2 is 1.97 bits per heavy atom. The molecule has 0 spiro atoms. The van der Waals surface area contributed by atoms with Crippen molar-refractivity contribution in [3.8, 4) is 6.07 Å². The van der Waals surface area contributed by atoms with Gasteiger partial charge in [0.1, 0.15) is 6.04 Å². The van der Waals surface area contributed by atoms with Crippen molar-refractivity contribution >= 4 is 23.3 Å². The van der Waals surface area contributed by atoms with Gasteiger partial charge in [0.05, 0.1) is 23.8 Å². The molecule has 1 aliphatic heterocycles. The fourth-order valence-corrected chi connectivity index (χ4v) is 3.86. The van der Waals surface area contributed by atoms with Gasteiger partial charge in [0.25, 0.3) is 0 Å². The van der Waals surface area contributed by atoms with Gasteiger partial charge in [-0.3, -0.25) is 4.79 Å². The second kappa shape index (κ2) is 11.1. The van der Waals surface area contributed by atoms with Crippen molar-refractivity contribution in [3.05, 3.63) is 59.2 Å². The van der Waals surface area contributed by atoms with Crippen LogP contribution in [0.2, 0.25) is 0 Å². The standard InChI is InChI=1S/C24H26F3N5O3/c1-16-4-3-5-18(12-16)30-23(34)32-10-9-31(15-21(32)22(33)29-8-11-35-2)19-7-6-17(14-28)20(13-19)24(25,26)27/h3-7,12-13,21H,8-11,15H2,1-2H3,(H,29,33)(H,30,34). The lowest BCUT2D eigenvalue weighted by Gasteiger charge is -2.41. The molecule has 8 nitrogen and oxygen atoms in total. The Morgan fingerprint density at radius 3 is 2.63 bits per heavy atom. The number of halogens is 3. The number of hydrogen-bond donors (Lipinski definition) is 2. The minimum atomic E-state index is -4.70. The van der Waals surface area contributed by atoms with E-state index in [1.165, 1.54) is 18.1 Å². The SMILES string of the molecule is COCCNC(=O)C1CN(c2ccc(C#N)c(C(F)(F)F)c2)CCN1C(=O)Nc1cccc(C)c1. The number of carbonyl (C=O) groups excluding carboxylic acids is 2. The van der Waals surface area contributed by atoms with E-state index in [9.17, 15) is 22.8 Å². The number of urea groups is 1. The zero-order chi connectivity index (χ0) is 25.6. The Bertz CT molecular complexity index is 1120. The maximum Gasteiger partial charge on any atom is 0.417 e. The van der Waals surface area contributed by atoms with Crippen molar-refractivity contribution in [1.29, 1.82) is 5.26 Å². The minimum absolute atomic E-state index is 0.0246. The van der Waals surface area contributed by atoms with E-state index < -0.39 is 35.3 Å². The molecule has 0 aromatic heterocycles. The first-order valence-corrected chi connectivity index (χ1v) is 10.9. The van der Waals surface area contributed by atoms with Crippen LogP contribution in [0.25, 0.3) is 0 Å². The average Bonchev–Trinajstić information content (AvgIpc) is 2.82. The first kappa shape index (κ1) is 25.8. The summed E-state index contributed by atoms with van der Waals surface area (Å²) in [6.07, 6.45) is -4.70. The fourth-order valence-electron chi connectivity index (χ4n) is 3.86. The van der Waals surface area contributed by atoms with Crippen LogP contribution in [0.15, 0.2) is 42.5 Å². The number of hydrogen-bond acceptors (Lipinski definition) is 5. The number of amides is 3. The Morgan fingerprint density at radius 1 is 1.20 bits per heavy atom. The van der Waals surface area contributed by atoms with Crippen molar-refractivity contribution in [2.24, 2.45) is 0 Å². The fraction of sp³-hybridized carbons (Fsp3) is 0.375. The van der Waals surface area contributed by atoms with Crippen molar-refractivity contribution in [3.63, 3.8) is 0 Å². The van der Waals surface area contributed by atoms with Crippen molar-refractivity contribution < 1.29 is 27.5 Å². The van der Waals surface area contributed by atoms with Crippen LogP contribution >= 0.6 is 0 Å². The zero-order valence-corrected chi connectivity index (χ0v) is 19.4. The molecule has 11 heteroatoms. The van der Waals surface area contributed by atoms with Crippen molar-refractivity contribution in [2.45, 2.75) is 19.1 Å². The summed E-state index contributed by atoms with van der Waals surface area (Å²) in [7, 11) is 1.49. The molecule has 1 fully saturated rings. The number of carbonyl (C=O) groups is 2. The highest BCUT2D eigenvalue weighted by Gasteiger charge is 2.38. The Balaban J connectivity index is 1.85. The van der Waals surface area contributed by atoms with Crippen LogP contribution in [-0.4, -0.2) is 62.8 Å². The summed E-state index contributed by atoms with van der Waals surface area (Å²) < 4.78 is 45.3. The van der Waals surface area contributed by atoms with E-state index >= 15 is 0 Å². The molecular formula is C24H26F3N5O3. The number of nitrogens with zero attached hydrogens (tertiary/aromatic N) is 3. The van der Waals surface area contributed by atoms with Crippen LogP contribution < -0.4 is 15.5 Å². The summed E-state index contributed by atoms with van der Waals surface area (Å²) in [6, 6.07) is 10.7. The smallest absolute Gasteiger partial charge is 0.383 e. The summed E-state index contributed by atoms with van der Waals surface area (Å²) in [6.45, 7) is 2.64. The lowest BCUT2D eigenvalue weighted by Crippen LogP contribution is -2.61. The quantitative estimate of drug-likeness (QED) is 0.607. The molecule has 2 aromatic carbocycles. The molecule has 1 heterocycles. The number of anilines is 2. The molecule has 1 aliphatic rings. The maximum atomic E-state index is 13.5. The summed E-state index contributed by atoms with van der Waals surface area (Å²) in [5, 5.41) is 14.5. The number of ether oxygens (including phenoxy) is 1. The predicted molar refractivity (Wildman–Crippen MR) is 124 cm³/mol. The molecule has 3 amide bonds. The summed E-state index contributed by atoms with van der Waals surface area (Å²) in [4.78, 5) is 29.0. The third-order valence-corrected chi connectivity index (χ3v) is 5.61. The van der Waals surface area contributed by atoms with Gasteiger partial charge in [-0.2, -0.15) is 18.4 Å². The van der Waals surface area contributed by atoms with E-state index in [-0.39, 0.29) is 38.5 Å². The molecule has 0 saturated carbocycles. The first-order valence-electron chi connectivity index (χ1n) is 10.9.